The zero-order valence-electron chi connectivity index (χ0n) is 8.23. The molecule has 1 aliphatic heterocycles. The molecular formula is C11H14O3. The van der Waals surface area contributed by atoms with Gasteiger partial charge < -0.3 is 9.47 Å². The predicted octanol–water partition coefficient (Wildman–Crippen LogP) is 0.998. The zero-order valence-corrected chi connectivity index (χ0v) is 8.23. The smallest absolute Gasteiger partial charge is 0.309 e. The monoisotopic (exact) mass is 194 g/mol. The Morgan fingerprint density at radius 3 is 3.29 bits per heavy atom. The average molecular weight is 194 g/mol. The molecule has 0 radical (unpaired) electrons. The lowest BCUT2D eigenvalue weighted by atomic mass is 9.47. The first-order valence-electron chi connectivity index (χ1n) is 5.19. The third-order valence-electron chi connectivity index (χ3n) is 3.92. The Morgan fingerprint density at radius 1 is 1.64 bits per heavy atom. The molecule has 0 spiro atoms. The van der Waals surface area contributed by atoms with Gasteiger partial charge in [0.1, 0.15) is 0 Å². The summed E-state index contributed by atoms with van der Waals surface area (Å²) in [6, 6.07) is 0. The number of ether oxygens (including phenoxy) is 2. The van der Waals surface area contributed by atoms with Crippen LogP contribution in [0.25, 0.3) is 0 Å². The van der Waals surface area contributed by atoms with Gasteiger partial charge in [-0.15, -0.1) is 0 Å². The summed E-state index contributed by atoms with van der Waals surface area (Å²) in [6.45, 7) is 1.57. The van der Waals surface area contributed by atoms with Crippen LogP contribution in [0.2, 0.25) is 0 Å². The Hall–Kier alpha value is -0.830. The van der Waals surface area contributed by atoms with Crippen molar-refractivity contribution in [3.63, 3.8) is 0 Å². The van der Waals surface area contributed by atoms with Crippen LogP contribution in [-0.4, -0.2) is 26.3 Å². The lowest BCUT2D eigenvalue weighted by molar-refractivity contribution is -0.160. The molecule has 0 aromatic carbocycles. The molecule has 2 fully saturated rings. The molecule has 1 saturated carbocycles. The van der Waals surface area contributed by atoms with Crippen LogP contribution in [0.1, 0.15) is 6.42 Å². The summed E-state index contributed by atoms with van der Waals surface area (Å²) in [4.78, 5) is 11.5. The minimum absolute atomic E-state index is 0.0338. The minimum atomic E-state index is -0.0338. The molecule has 14 heavy (non-hydrogen) atoms. The maximum Gasteiger partial charge on any atom is 0.309 e. The number of rotatable bonds is 1. The van der Waals surface area contributed by atoms with E-state index in [9.17, 15) is 4.79 Å². The van der Waals surface area contributed by atoms with Gasteiger partial charge in [-0.05, 0) is 29.7 Å². The van der Waals surface area contributed by atoms with Crippen molar-refractivity contribution in [1.29, 1.82) is 0 Å². The van der Waals surface area contributed by atoms with Crippen LogP contribution in [0.15, 0.2) is 11.6 Å². The predicted molar refractivity (Wildman–Crippen MR) is 49.5 cm³/mol. The quantitative estimate of drug-likeness (QED) is 0.461. The molecule has 2 aliphatic carbocycles. The van der Waals surface area contributed by atoms with Gasteiger partial charge in [0.25, 0.3) is 0 Å². The van der Waals surface area contributed by atoms with Crippen molar-refractivity contribution in [2.45, 2.75) is 6.42 Å². The van der Waals surface area contributed by atoms with Crippen LogP contribution in [0.4, 0.5) is 0 Å². The van der Waals surface area contributed by atoms with Gasteiger partial charge in [0.2, 0.25) is 0 Å². The molecule has 0 bridgehead atoms. The van der Waals surface area contributed by atoms with Gasteiger partial charge in [-0.1, -0.05) is 6.08 Å². The highest BCUT2D eigenvalue weighted by molar-refractivity contribution is 5.76. The normalized spacial score (nSPS) is 43.6. The molecule has 0 aromatic heterocycles. The Labute approximate surface area is 83.1 Å². The molecule has 4 atom stereocenters. The third kappa shape index (κ3) is 0.883. The molecule has 1 saturated heterocycles. The fourth-order valence-electron chi connectivity index (χ4n) is 3.22. The van der Waals surface area contributed by atoms with Crippen molar-refractivity contribution in [2.24, 2.45) is 23.7 Å². The Kier molecular flexibility index (Phi) is 1.71. The molecule has 0 amide bonds. The number of esters is 1. The topological polar surface area (TPSA) is 35.5 Å². The summed E-state index contributed by atoms with van der Waals surface area (Å²) >= 11 is 0. The molecule has 3 nitrogen and oxygen atoms in total. The van der Waals surface area contributed by atoms with Crippen molar-refractivity contribution >= 4 is 5.97 Å². The van der Waals surface area contributed by atoms with Crippen LogP contribution < -0.4 is 0 Å². The average Bonchev–Trinajstić information content (AvgIpc) is 2.26. The van der Waals surface area contributed by atoms with E-state index in [4.69, 9.17) is 9.47 Å². The SMILES string of the molecule is COC(=O)[C@H]1[C@H]2C=C3COCC[C@@H]1[C@H]32. The number of allylic oxidation sites excluding steroid dienone is 1. The summed E-state index contributed by atoms with van der Waals surface area (Å²) in [5.74, 6) is 1.68. The first-order valence-corrected chi connectivity index (χ1v) is 5.19. The van der Waals surface area contributed by atoms with E-state index >= 15 is 0 Å². The van der Waals surface area contributed by atoms with Crippen LogP contribution in [0.3, 0.4) is 0 Å². The van der Waals surface area contributed by atoms with E-state index in [1.165, 1.54) is 12.7 Å². The number of hydrogen-bond acceptors (Lipinski definition) is 3. The number of methoxy groups -OCH3 is 1. The minimum Gasteiger partial charge on any atom is -0.469 e. The fourth-order valence-corrected chi connectivity index (χ4v) is 3.22. The van der Waals surface area contributed by atoms with Crippen molar-refractivity contribution in [3.05, 3.63) is 11.6 Å². The largest absolute Gasteiger partial charge is 0.469 e. The Balaban J connectivity index is 1.83. The van der Waals surface area contributed by atoms with Crippen LogP contribution in [-0.2, 0) is 14.3 Å². The van der Waals surface area contributed by atoms with Crippen molar-refractivity contribution < 1.29 is 14.3 Å². The van der Waals surface area contributed by atoms with E-state index in [0.29, 0.717) is 17.8 Å². The molecular weight excluding hydrogens is 180 g/mol. The summed E-state index contributed by atoms with van der Waals surface area (Å²) in [6.07, 6.45) is 3.21. The molecule has 3 rings (SSSR count). The second kappa shape index (κ2) is 2.83. The van der Waals surface area contributed by atoms with Gasteiger partial charge in [0, 0.05) is 6.61 Å². The summed E-state index contributed by atoms with van der Waals surface area (Å²) in [5, 5.41) is 0. The summed E-state index contributed by atoms with van der Waals surface area (Å²) in [5.41, 5.74) is 1.41. The maximum atomic E-state index is 11.5. The van der Waals surface area contributed by atoms with Gasteiger partial charge in [0.05, 0.1) is 19.6 Å². The van der Waals surface area contributed by atoms with E-state index in [2.05, 4.69) is 6.08 Å². The van der Waals surface area contributed by atoms with Crippen LogP contribution in [0.5, 0.6) is 0 Å². The first-order chi connectivity index (χ1) is 6.83. The van der Waals surface area contributed by atoms with E-state index in [1.54, 1.807) is 0 Å². The van der Waals surface area contributed by atoms with Crippen LogP contribution in [0, 0.1) is 23.7 Å². The molecule has 0 unspecified atom stereocenters. The number of carbonyl (C=O) groups excluding carboxylic acids is 1. The van der Waals surface area contributed by atoms with Crippen molar-refractivity contribution in [1.82, 2.24) is 0 Å². The standard InChI is InChI=1S/C11H14O3/c1-13-11(12)10-7-2-3-14-5-6-4-8(10)9(6)7/h4,7-10H,2-3,5H2,1H3/t7-,8+,9+,10-/m1/s1. The highest BCUT2D eigenvalue weighted by Crippen LogP contribution is 2.59. The lowest BCUT2D eigenvalue weighted by Gasteiger charge is -2.55. The summed E-state index contributed by atoms with van der Waals surface area (Å²) < 4.78 is 10.3. The molecule has 0 aromatic rings. The third-order valence-corrected chi connectivity index (χ3v) is 3.92. The second-order valence-electron chi connectivity index (χ2n) is 4.40. The number of hydrogen-bond donors (Lipinski definition) is 0. The fraction of sp³-hybridized carbons (Fsp3) is 0.727. The van der Waals surface area contributed by atoms with Gasteiger partial charge in [-0.3, -0.25) is 4.79 Å². The van der Waals surface area contributed by atoms with Crippen LogP contribution >= 0.6 is 0 Å². The first kappa shape index (κ1) is 8.48. The molecule has 1 heterocycles. The second-order valence-corrected chi connectivity index (χ2v) is 4.40. The van der Waals surface area contributed by atoms with Gasteiger partial charge >= 0.3 is 5.97 Å². The molecule has 0 N–H and O–H groups in total. The Bertz CT molecular complexity index is 308. The van der Waals surface area contributed by atoms with Gasteiger partial charge in [-0.2, -0.15) is 0 Å². The van der Waals surface area contributed by atoms with E-state index in [-0.39, 0.29) is 11.9 Å². The van der Waals surface area contributed by atoms with Gasteiger partial charge in [0.15, 0.2) is 0 Å². The summed E-state index contributed by atoms with van der Waals surface area (Å²) in [7, 11) is 1.48. The Morgan fingerprint density at radius 2 is 2.50 bits per heavy atom. The van der Waals surface area contributed by atoms with E-state index in [1.807, 2.05) is 0 Å². The highest BCUT2D eigenvalue weighted by Gasteiger charge is 2.59. The lowest BCUT2D eigenvalue weighted by Crippen LogP contribution is -2.55. The molecule has 76 valence electrons. The maximum absolute atomic E-state index is 11.5. The van der Waals surface area contributed by atoms with Crippen molar-refractivity contribution in [2.75, 3.05) is 20.3 Å². The van der Waals surface area contributed by atoms with Crippen molar-refractivity contribution in [3.8, 4) is 0 Å². The van der Waals surface area contributed by atoms with E-state index in [0.717, 1.165) is 19.6 Å². The highest BCUT2D eigenvalue weighted by atomic mass is 16.5. The van der Waals surface area contributed by atoms with Gasteiger partial charge in [-0.25, -0.2) is 0 Å². The molecule has 3 aliphatic rings. The zero-order chi connectivity index (χ0) is 9.71. The number of carbonyl (C=O) groups is 1. The van der Waals surface area contributed by atoms with E-state index < -0.39 is 0 Å². The molecule has 3 heteroatoms.